The molecule has 0 amide bonds. The smallest absolute Gasteiger partial charge is 0.417 e. The van der Waals surface area contributed by atoms with Gasteiger partial charge in [-0.15, -0.1) is 0 Å². The SMILES string of the molecule is NS(=O)(=O)c1ccc(Oc2cc(C(=O)O)ccc2F)cc1C(F)(F)F. The number of nitrogens with two attached hydrogens (primary N) is 1. The minimum Gasteiger partial charge on any atom is -0.478 e. The number of sulfonamides is 1. The average molecular weight is 379 g/mol. The van der Waals surface area contributed by atoms with Crippen molar-refractivity contribution >= 4 is 16.0 Å². The number of benzene rings is 2. The molecule has 0 heterocycles. The summed E-state index contributed by atoms with van der Waals surface area (Å²) in [6.45, 7) is 0. The summed E-state index contributed by atoms with van der Waals surface area (Å²) in [7, 11) is -4.66. The Morgan fingerprint density at radius 3 is 2.28 bits per heavy atom. The fourth-order valence-electron chi connectivity index (χ4n) is 1.88. The first-order chi connectivity index (χ1) is 11.4. The van der Waals surface area contributed by atoms with E-state index in [4.69, 9.17) is 15.0 Å². The molecule has 0 spiro atoms. The normalized spacial score (nSPS) is 12.0. The fourth-order valence-corrected chi connectivity index (χ4v) is 2.62. The number of hydrogen-bond acceptors (Lipinski definition) is 4. The predicted molar refractivity (Wildman–Crippen MR) is 76.3 cm³/mol. The molecule has 0 aliphatic carbocycles. The number of alkyl halides is 3. The largest absolute Gasteiger partial charge is 0.478 e. The van der Waals surface area contributed by atoms with E-state index < -0.39 is 49.9 Å². The zero-order valence-electron chi connectivity index (χ0n) is 12.0. The van der Waals surface area contributed by atoms with Crippen molar-refractivity contribution in [3.63, 3.8) is 0 Å². The van der Waals surface area contributed by atoms with Gasteiger partial charge < -0.3 is 9.84 Å². The molecule has 0 saturated carbocycles. The van der Waals surface area contributed by atoms with Crippen LogP contribution in [0.4, 0.5) is 17.6 Å². The molecule has 0 aromatic heterocycles. The van der Waals surface area contributed by atoms with Gasteiger partial charge in [0, 0.05) is 0 Å². The summed E-state index contributed by atoms with van der Waals surface area (Å²) in [6.07, 6.45) is -5.07. The second kappa shape index (κ2) is 6.33. The molecule has 2 rings (SSSR count). The van der Waals surface area contributed by atoms with Gasteiger partial charge in [0.2, 0.25) is 10.0 Å². The zero-order valence-corrected chi connectivity index (χ0v) is 12.9. The Kier molecular flexibility index (Phi) is 4.73. The maximum absolute atomic E-state index is 13.7. The second-order valence-corrected chi connectivity index (χ2v) is 6.28. The monoisotopic (exact) mass is 379 g/mol. The van der Waals surface area contributed by atoms with Crippen molar-refractivity contribution in [3.8, 4) is 11.5 Å². The average Bonchev–Trinajstić information content (AvgIpc) is 2.47. The van der Waals surface area contributed by atoms with Crippen molar-refractivity contribution in [2.24, 2.45) is 5.14 Å². The van der Waals surface area contributed by atoms with Crippen LogP contribution in [0.3, 0.4) is 0 Å². The molecule has 134 valence electrons. The van der Waals surface area contributed by atoms with Gasteiger partial charge in [-0.2, -0.15) is 13.2 Å². The van der Waals surface area contributed by atoms with Gasteiger partial charge in [0.25, 0.3) is 0 Å². The molecule has 3 N–H and O–H groups in total. The van der Waals surface area contributed by atoms with Gasteiger partial charge >= 0.3 is 12.1 Å². The number of carbonyl (C=O) groups is 1. The van der Waals surface area contributed by atoms with Gasteiger partial charge in [-0.1, -0.05) is 0 Å². The van der Waals surface area contributed by atoms with Crippen LogP contribution in [-0.4, -0.2) is 19.5 Å². The van der Waals surface area contributed by atoms with Crippen LogP contribution in [0.1, 0.15) is 15.9 Å². The van der Waals surface area contributed by atoms with Gasteiger partial charge in [0.05, 0.1) is 16.0 Å². The van der Waals surface area contributed by atoms with E-state index in [9.17, 15) is 30.8 Å². The molecule has 6 nitrogen and oxygen atoms in total. The maximum Gasteiger partial charge on any atom is 0.417 e. The summed E-state index contributed by atoms with van der Waals surface area (Å²) >= 11 is 0. The van der Waals surface area contributed by atoms with Crippen LogP contribution in [-0.2, 0) is 16.2 Å². The highest BCUT2D eigenvalue weighted by molar-refractivity contribution is 7.89. The van der Waals surface area contributed by atoms with Crippen molar-refractivity contribution in [1.82, 2.24) is 0 Å². The van der Waals surface area contributed by atoms with E-state index in [1.54, 1.807) is 0 Å². The van der Waals surface area contributed by atoms with E-state index in [1.165, 1.54) is 0 Å². The Morgan fingerprint density at radius 1 is 1.12 bits per heavy atom. The van der Waals surface area contributed by atoms with Gasteiger partial charge in [0.15, 0.2) is 11.6 Å². The number of hydrogen-bond donors (Lipinski definition) is 2. The van der Waals surface area contributed by atoms with E-state index in [1.807, 2.05) is 0 Å². The van der Waals surface area contributed by atoms with Crippen LogP contribution < -0.4 is 9.88 Å². The highest BCUT2D eigenvalue weighted by Crippen LogP contribution is 2.37. The lowest BCUT2D eigenvalue weighted by atomic mass is 10.2. The number of carboxylic acids is 1. The quantitative estimate of drug-likeness (QED) is 0.795. The highest BCUT2D eigenvalue weighted by atomic mass is 32.2. The molecule has 0 aliphatic heterocycles. The predicted octanol–water partition coefficient (Wildman–Crippen LogP) is 2.98. The van der Waals surface area contributed by atoms with Crippen LogP contribution in [0, 0.1) is 5.82 Å². The summed E-state index contributed by atoms with van der Waals surface area (Å²) in [6, 6.07) is 4.21. The van der Waals surface area contributed by atoms with Crippen LogP contribution in [0.2, 0.25) is 0 Å². The number of ether oxygens (including phenoxy) is 1. The van der Waals surface area contributed by atoms with Crippen LogP contribution in [0.5, 0.6) is 11.5 Å². The van der Waals surface area contributed by atoms with E-state index in [0.29, 0.717) is 12.1 Å². The van der Waals surface area contributed by atoms with Gasteiger partial charge in [-0.25, -0.2) is 22.7 Å². The third-order valence-electron chi connectivity index (χ3n) is 2.97. The third kappa shape index (κ3) is 4.25. The summed E-state index contributed by atoms with van der Waals surface area (Å²) in [4.78, 5) is 9.68. The molecule has 0 atom stereocenters. The second-order valence-electron chi connectivity index (χ2n) is 4.75. The molecule has 2 aromatic rings. The van der Waals surface area contributed by atoms with E-state index in [-0.39, 0.29) is 5.56 Å². The molecule has 0 radical (unpaired) electrons. The molecule has 0 bridgehead atoms. The number of carboxylic acid groups (broad SMARTS) is 1. The van der Waals surface area contributed by atoms with Gasteiger partial charge in [-0.05, 0) is 36.4 Å². The van der Waals surface area contributed by atoms with Crippen molar-refractivity contribution < 1.29 is 40.6 Å². The van der Waals surface area contributed by atoms with Crippen molar-refractivity contribution in [2.75, 3.05) is 0 Å². The van der Waals surface area contributed by atoms with Crippen molar-refractivity contribution in [1.29, 1.82) is 0 Å². The van der Waals surface area contributed by atoms with E-state index >= 15 is 0 Å². The lowest BCUT2D eigenvalue weighted by Crippen LogP contribution is -2.19. The molecule has 0 unspecified atom stereocenters. The highest BCUT2D eigenvalue weighted by Gasteiger charge is 2.37. The first kappa shape index (κ1) is 18.7. The third-order valence-corrected chi connectivity index (χ3v) is 3.94. The number of rotatable bonds is 4. The molecule has 0 aliphatic rings. The number of halogens is 4. The van der Waals surface area contributed by atoms with Crippen LogP contribution in [0.15, 0.2) is 41.3 Å². The summed E-state index contributed by atoms with van der Waals surface area (Å²) < 4.78 is 80.2. The molecule has 2 aromatic carbocycles. The zero-order chi connectivity index (χ0) is 19.0. The minimum atomic E-state index is -5.07. The Balaban J connectivity index is 2.52. The first-order valence-electron chi connectivity index (χ1n) is 6.34. The molecule has 0 saturated heterocycles. The summed E-state index contributed by atoms with van der Waals surface area (Å²) in [5.41, 5.74) is -1.95. The summed E-state index contributed by atoms with van der Waals surface area (Å²) in [5, 5.41) is 13.6. The standard InChI is InChI=1S/C14H9F4NO5S/c15-10-3-1-7(13(20)21)5-11(10)24-8-2-4-12(25(19,22)23)9(6-8)14(16,17)18/h1-6H,(H,20,21)(H2,19,22,23). The van der Waals surface area contributed by atoms with Crippen molar-refractivity contribution in [2.45, 2.75) is 11.1 Å². The number of primary sulfonamides is 1. The Morgan fingerprint density at radius 2 is 1.76 bits per heavy atom. The maximum atomic E-state index is 13.7. The van der Waals surface area contributed by atoms with Crippen LogP contribution in [0.25, 0.3) is 0 Å². The molecule has 11 heteroatoms. The fraction of sp³-hybridized carbons (Fsp3) is 0.0714. The lowest BCUT2D eigenvalue weighted by molar-refractivity contribution is -0.140. The van der Waals surface area contributed by atoms with E-state index in [2.05, 4.69) is 0 Å². The Hall–Kier alpha value is -2.66. The van der Waals surface area contributed by atoms with Gasteiger partial charge in [0.1, 0.15) is 5.75 Å². The Bertz CT molecular complexity index is 941. The lowest BCUT2D eigenvalue weighted by Gasteiger charge is -2.14. The molecule has 0 fully saturated rings. The number of aromatic carboxylic acids is 1. The van der Waals surface area contributed by atoms with Gasteiger partial charge in [-0.3, -0.25) is 0 Å². The molecule has 25 heavy (non-hydrogen) atoms. The molecular formula is C14H9F4NO5S. The first-order valence-corrected chi connectivity index (χ1v) is 7.89. The Labute approximate surface area is 138 Å². The van der Waals surface area contributed by atoms with E-state index in [0.717, 1.165) is 24.3 Å². The molecular weight excluding hydrogens is 370 g/mol. The minimum absolute atomic E-state index is 0.326. The van der Waals surface area contributed by atoms with Crippen LogP contribution >= 0.6 is 0 Å². The topological polar surface area (TPSA) is 107 Å². The van der Waals surface area contributed by atoms with Crippen molar-refractivity contribution in [3.05, 3.63) is 53.3 Å². The summed E-state index contributed by atoms with van der Waals surface area (Å²) in [5.74, 6) is -3.61.